The number of nitrogens with zero attached hydrogens (tertiary/aromatic N) is 3. The highest BCUT2D eigenvalue weighted by molar-refractivity contribution is 7.21. The van der Waals surface area contributed by atoms with Gasteiger partial charge in [-0.05, 0) is 42.5 Å². The van der Waals surface area contributed by atoms with Gasteiger partial charge in [0.05, 0.1) is 28.4 Å². The molecule has 2 aromatic carbocycles. The van der Waals surface area contributed by atoms with Crippen molar-refractivity contribution in [1.29, 1.82) is 0 Å². The van der Waals surface area contributed by atoms with E-state index in [1.807, 2.05) is 48.7 Å². The van der Waals surface area contributed by atoms with E-state index in [-0.39, 0.29) is 0 Å². The Morgan fingerprint density at radius 2 is 1.88 bits per heavy atom. The van der Waals surface area contributed by atoms with E-state index in [2.05, 4.69) is 16.0 Å². The van der Waals surface area contributed by atoms with Crippen LogP contribution in [0.5, 0.6) is 5.75 Å². The summed E-state index contributed by atoms with van der Waals surface area (Å²) in [5.41, 5.74) is 4.92. The smallest absolute Gasteiger partial charge is 0.138 e. The Labute approximate surface area is 153 Å². The van der Waals surface area contributed by atoms with Gasteiger partial charge in [0.25, 0.3) is 0 Å². The number of hydrogen-bond acceptors (Lipinski definition) is 5. The number of imidazole rings is 1. The molecule has 0 aliphatic heterocycles. The van der Waals surface area contributed by atoms with Crippen LogP contribution in [0.2, 0.25) is 0 Å². The zero-order valence-corrected chi connectivity index (χ0v) is 14.7. The van der Waals surface area contributed by atoms with Crippen molar-refractivity contribution in [2.24, 2.45) is 0 Å². The topological polar surface area (TPSA) is 63.7 Å². The molecule has 0 radical (unpaired) electrons. The van der Waals surface area contributed by atoms with E-state index in [1.54, 1.807) is 24.6 Å². The number of para-hydroxylation sites is 1. The fraction of sp³-hybridized carbons (Fsp3) is 0.0500. The van der Waals surface area contributed by atoms with Gasteiger partial charge in [-0.2, -0.15) is 0 Å². The lowest BCUT2D eigenvalue weighted by atomic mass is 10.2. The normalized spacial score (nSPS) is 11.3. The van der Waals surface area contributed by atoms with Crippen molar-refractivity contribution in [2.45, 2.75) is 0 Å². The minimum absolute atomic E-state index is 0.827. The molecule has 26 heavy (non-hydrogen) atoms. The number of pyridine rings is 1. The van der Waals surface area contributed by atoms with Crippen LogP contribution in [0, 0.1) is 0 Å². The van der Waals surface area contributed by atoms with Crippen LogP contribution in [-0.2, 0) is 0 Å². The zero-order valence-electron chi connectivity index (χ0n) is 13.9. The first-order valence-corrected chi connectivity index (χ1v) is 8.97. The highest BCUT2D eigenvalue weighted by Crippen LogP contribution is 2.34. The Hall–Kier alpha value is -3.25. The second kappa shape index (κ2) is 5.93. The first-order valence-electron chi connectivity index (χ1n) is 8.16. The van der Waals surface area contributed by atoms with Gasteiger partial charge in [-0.25, -0.2) is 9.97 Å². The summed E-state index contributed by atoms with van der Waals surface area (Å²) in [4.78, 5) is 17.2. The zero-order chi connectivity index (χ0) is 17.5. The lowest BCUT2D eigenvalue weighted by Gasteiger charge is -2.00. The fourth-order valence-electron chi connectivity index (χ4n) is 2.99. The van der Waals surface area contributed by atoms with Crippen molar-refractivity contribution in [3.8, 4) is 27.7 Å². The SMILES string of the molecule is COc1ccc(-c2nc3c(-c4nc5ccncc5s4)cccc3[nH]2)cc1. The van der Waals surface area contributed by atoms with Crippen LogP contribution < -0.4 is 4.74 Å². The van der Waals surface area contributed by atoms with E-state index in [4.69, 9.17) is 14.7 Å². The minimum atomic E-state index is 0.827. The molecule has 0 unspecified atom stereocenters. The van der Waals surface area contributed by atoms with Gasteiger partial charge < -0.3 is 9.72 Å². The summed E-state index contributed by atoms with van der Waals surface area (Å²) in [5.74, 6) is 1.66. The van der Waals surface area contributed by atoms with Gasteiger partial charge in [-0.15, -0.1) is 11.3 Å². The molecule has 5 nitrogen and oxygen atoms in total. The van der Waals surface area contributed by atoms with Crippen molar-refractivity contribution in [2.75, 3.05) is 7.11 Å². The van der Waals surface area contributed by atoms with Crippen LogP contribution in [-0.4, -0.2) is 27.0 Å². The highest BCUT2D eigenvalue weighted by Gasteiger charge is 2.13. The molecule has 0 amide bonds. The predicted molar refractivity (Wildman–Crippen MR) is 104 cm³/mol. The van der Waals surface area contributed by atoms with Crippen LogP contribution in [0.1, 0.15) is 0 Å². The van der Waals surface area contributed by atoms with Gasteiger partial charge in [-0.1, -0.05) is 6.07 Å². The number of thiazole rings is 1. The molecule has 126 valence electrons. The first-order chi connectivity index (χ1) is 12.8. The molecule has 3 heterocycles. The van der Waals surface area contributed by atoms with E-state index in [9.17, 15) is 0 Å². The average molecular weight is 358 g/mol. The number of H-pyrrole nitrogens is 1. The Balaban J connectivity index is 1.65. The Bertz CT molecular complexity index is 1190. The maximum atomic E-state index is 5.23. The van der Waals surface area contributed by atoms with E-state index >= 15 is 0 Å². The van der Waals surface area contributed by atoms with E-state index in [0.717, 1.165) is 49.0 Å². The molecular formula is C20H14N4OS. The first kappa shape index (κ1) is 15.0. The van der Waals surface area contributed by atoms with Crippen molar-refractivity contribution < 1.29 is 4.74 Å². The Kier molecular flexibility index (Phi) is 3.43. The predicted octanol–water partition coefficient (Wildman–Crippen LogP) is 4.91. The maximum absolute atomic E-state index is 5.23. The molecule has 0 saturated carbocycles. The number of fused-ring (bicyclic) bond motifs is 2. The summed E-state index contributed by atoms with van der Waals surface area (Å²) in [6.07, 6.45) is 3.62. The standard InChI is InChI=1S/C20H14N4OS/c1-25-13-7-5-12(6-8-13)19-22-16-4-2-3-14(18(16)24-19)20-23-15-9-10-21-11-17(15)26-20/h2-11H,1H3,(H,22,24). The third-order valence-corrected chi connectivity index (χ3v) is 5.34. The van der Waals surface area contributed by atoms with Crippen molar-refractivity contribution in [1.82, 2.24) is 19.9 Å². The number of hydrogen-bond donors (Lipinski definition) is 1. The largest absolute Gasteiger partial charge is 0.497 e. The fourth-order valence-corrected chi connectivity index (χ4v) is 3.94. The quantitative estimate of drug-likeness (QED) is 0.498. The van der Waals surface area contributed by atoms with Crippen LogP contribution in [0.4, 0.5) is 0 Å². The highest BCUT2D eigenvalue weighted by atomic mass is 32.1. The maximum Gasteiger partial charge on any atom is 0.138 e. The average Bonchev–Trinajstić information content (AvgIpc) is 3.31. The molecule has 0 saturated heterocycles. The summed E-state index contributed by atoms with van der Waals surface area (Å²) in [7, 11) is 1.66. The van der Waals surface area contributed by atoms with Crippen LogP contribution in [0.3, 0.4) is 0 Å². The summed E-state index contributed by atoms with van der Waals surface area (Å²) >= 11 is 1.63. The number of aromatic amines is 1. The van der Waals surface area contributed by atoms with E-state index in [0.29, 0.717) is 0 Å². The number of aromatic nitrogens is 4. The summed E-state index contributed by atoms with van der Waals surface area (Å²) in [6, 6.07) is 15.9. The van der Waals surface area contributed by atoms with Crippen LogP contribution in [0.25, 0.3) is 43.2 Å². The molecule has 5 aromatic rings. The molecular weight excluding hydrogens is 344 g/mol. The van der Waals surface area contributed by atoms with Gasteiger partial charge in [0, 0.05) is 23.5 Å². The third kappa shape index (κ3) is 2.43. The van der Waals surface area contributed by atoms with Crippen molar-refractivity contribution in [3.63, 3.8) is 0 Å². The second-order valence-electron chi connectivity index (χ2n) is 5.88. The molecule has 0 bridgehead atoms. The van der Waals surface area contributed by atoms with Crippen molar-refractivity contribution in [3.05, 3.63) is 60.9 Å². The minimum Gasteiger partial charge on any atom is -0.497 e. The molecule has 6 heteroatoms. The van der Waals surface area contributed by atoms with E-state index in [1.165, 1.54) is 0 Å². The van der Waals surface area contributed by atoms with Crippen LogP contribution in [0.15, 0.2) is 60.9 Å². The number of methoxy groups -OCH3 is 1. The monoisotopic (exact) mass is 358 g/mol. The van der Waals surface area contributed by atoms with Gasteiger partial charge in [0.15, 0.2) is 0 Å². The summed E-state index contributed by atoms with van der Waals surface area (Å²) in [6.45, 7) is 0. The number of benzene rings is 2. The van der Waals surface area contributed by atoms with Gasteiger partial charge in [0.1, 0.15) is 16.6 Å². The number of nitrogens with one attached hydrogen (secondary N) is 1. The number of rotatable bonds is 3. The summed E-state index contributed by atoms with van der Waals surface area (Å²) in [5, 5.41) is 0.950. The Morgan fingerprint density at radius 1 is 1.00 bits per heavy atom. The van der Waals surface area contributed by atoms with Gasteiger partial charge in [-0.3, -0.25) is 4.98 Å². The molecule has 3 aromatic heterocycles. The molecule has 5 rings (SSSR count). The number of ether oxygens (including phenoxy) is 1. The molecule has 0 fully saturated rings. The molecule has 0 aliphatic rings. The molecule has 0 atom stereocenters. The van der Waals surface area contributed by atoms with Gasteiger partial charge >= 0.3 is 0 Å². The lowest BCUT2D eigenvalue weighted by Crippen LogP contribution is -1.84. The molecule has 0 aliphatic carbocycles. The molecule has 1 N–H and O–H groups in total. The second-order valence-corrected chi connectivity index (χ2v) is 6.91. The van der Waals surface area contributed by atoms with Crippen molar-refractivity contribution >= 4 is 32.6 Å². The van der Waals surface area contributed by atoms with E-state index < -0.39 is 0 Å². The lowest BCUT2D eigenvalue weighted by molar-refractivity contribution is 0.415. The van der Waals surface area contributed by atoms with Crippen LogP contribution >= 0.6 is 11.3 Å². The summed E-state index contributed by atoms with van der Waals surface area (Å²) < 4.78 is 6.30. The van der Waals surface area contributed by atoms with Gasteiger partial charge in [0.2, 0.25) is 0 Å². The third-order valence-electron chi connectivity index (χ3n) is 4.30. The Morgan fingerprint density at radius 3 is 2.69 bits per heavy atom. The molecule has 0 spiro atoms.